The fourth-order valence-corrected chi connectivity index (χ4v) is 3.64. The van der Waals surface area contributed by atoms with Crippen molar-refractivity contribution in [2.45, 2.75) is 57.1 Å². The first-order chi connectivity index (χ1) is 10.4. The molecule has 0 fully saturated rings. The molecule has 0 radical (unpaired) electrons. The molecule has 0 bridgehead atoms. The zero-order valence-electron chi connectivity index (χ0n) is 13.1. The maximum Gasteiger partial charge on any atom is 0.0842 e. The van der Waals surface area contributed by atoms with Crippen LogP contribution in [0.25, 0.3) is 0 Å². The number of nitrogens with one attached hydrogen (secondary N) is 1. The van der Waals surface area contributed by atoms with E-state index in [1.54, 1.807) is 5.57 Å². The van der Waals surface area contributed by atoms with Crippen molar-refractivity contribution >= 4 is 0 Å². The average molecular weight is 285 g/mol. The summed E-state index contributed by atoms with van der Waals surface area (Å²) in [5.74, 6) is 0. The predicted octanol–water partition coefficient (Wildman–Crippen LogP) is 4.17. The molecule has 0 saturated heterocycles. The van der Waals surface area contributed by atoms with Gasteiger partial charge in [0, 0.05) is 6.04 Å². The van der Waals surface area contributed by atoms with E-state index in [4.69, 9.17) is 4.74 Å². The number of hydrogen-bond donors (Lipinski definition) is 1. The van der Waals surface area contributed by atoms with E-state index in [1.807, 2.05) is 0 Å². The van der Waals surface area contributed by atoms with Crippen LogP contribution in [0.2, 0.25) is 0 Å². The Bertz CT molecular complexity index is 494. The van der Waals surface area contributed by atoms with Crippen LogP contribution in [0, 0.1) is 0 Å². The van der Waals surface area contributed by atoms with Crippen LogP contribution in [0.1, 0.15) is 55.8 Å². The topological polar surface area (TPSA) is 21.3 Å². The molecule has 0 spiro atoms. The van der Waals surface area contributed by atoms with E-state index >= 15 is 0 Å². The molecule has 2 nitrogen and oxygen atoms in total. The second-order valence-electron chi connectivity index (χ2n) is 6.34. The van der Waals surface area contributed by atoms with Crippen LogP contribution in [0.3, 0.4) is 0 Å². The van der Waals surface area contributed by atoms with Gasteiger partial charge in [0.2, 0.25) is 0 Å². The van der Waals surface area contributed by atoms with E-state index in [0.717, 1.165) is 19.4 Å². The number of rotatable bonds is 5. The van der Waals surface area contributed by atoms with Crippen molar-refractivity contribution < 1.29 is 4.74 Å². The van der Waals surface area contributed by atoms with Crippen LogP contribution in [0.15, 0.2) is 35.9 Å². The van der Waals surface area contributed by atoms with Crippen LogP contribution < -0.4 is 5.32 Å². The molecular weight excluding hydrogens is 258 g/mol. The SMILES string of the molecule is CNC(CC1=CCCCC1)CC1OCCc2ccccc21. The molecule has 0 aromatic heterocycles. The maximum absolute atomic E-state index is 6.07. The molecule has 1 heterocycles. The van der Waals surface area contributed by atoms with Gasteiger partial charge in [-0.05, 0) is 63.1 Å². The van der Waals surface area contributed by atoms with Gasteiger partial charge in [-0.3, -0.25) is 0 Å². The molecule has 3 rings (SSSR count). The third-order valence-corrected chi connectivity index (χ3v) is 4.89. The lowest BCUT2D eigenvalue weighted by Crippen LogP contribution is -2.30. The summed E-state index contributed by atoms with van der Waals surface area (Å²) in [5.41, 5.74) is 4.52. The first kappa shape index (κ1) is 14.8. The standard InChI is InChI=1S/C19H27NO/c1-20-17(13-15-7-3-2-4-8-15)14-19-18-10-6-5-9-16(18)11-12-21-19/h5-7,9-10,17,19-20H,2-4,8,11-14H2,1H3. The van der Waals surface area contributed by atoms with Gasteiger partial charge in [-0.25, -0.2) is 0 Å². The monoisotopic (exact) mass is 285 g/mol. The van der Waals surface area contributed by atoms with E-state index in [-0.39, 0.29) is 6.10 Å². The van der Waals surface area contributed by atoms with Gasteiger partial charge in [-0.1, -0.05) is 35.9 Å². The van der Waals surface area contributed by atoms with Gasteiger partial charge in [-0.2, -0.15) is 0 Å². The van der Waals surface area contributed by atoms with Gasteiger partial charge in [0.1, 0.15) is 0 Å². The molecule has 1 aliphatic heterocycles. The third kappa shape index (κ3) is 3.75. The molecule has 2 unspecified atom stereocenters. The lowest BCUT2D eigenvalue weighted by Gasteiger charge is -2.30. The second kappa shape index (κ2) is 7.24. The van der Waals surface area contributed by atoms with Gasteiger partial charge in [0.05, 0.1) is 12.7 Å². The molecule has 1 aromatic rings. The fraction of sp³-hybridized carbons (Fsp3) is 0.579. The van der Waals surface area contributed by atoms with Crippen molar-refractivity contribution in [3.63, 3.8) is 0 Å². The largest absolute Gasteiger partial charge is 0.373 e. The zero-order chi connectivity index (χ0) is 14.5. The van der Waals surface area contributed by atoms with Crippen molar-refractivity contribution in [1.29, 1.82) is 0 Å². The summed E-state index contributed by atoms with van der Waals surface area (Å²) >= 11 is 0. The molecule has 2 heteroatoms. The van der Waals surface area contributed by atoms with Crippen LogP contribution >= 0.6 is 0 Å². The minimum atomic E-state index is 0.261. The van der Waals surface area contributed by atoms with Crippen LogP contribution in [0.4, 0.5) is 0 Å². The van der Waals surface area contributed by atoms with Crippen molar-refractivity contribution in [2.24, 2.45) is 0 Å². The first-order valence-electron chi connectivity index (χ1n) is 8.41. The highest BCUT2D eigenvalue weighted by atomic mass is 16.5. The third-order valence-electron chi connectivity index (χ3n) is 4.89. The molecule has 1 aromatic carbocycles. The minimum absolute atomic E-state index is 0.261. The number of allylic oxidation sites excluding steroid dienone is 1. The minimum Gasteiger partial charge on any atom is -0.373 e. The quantitative estimate of drug-likeness (QED) is 0.820. The lowest BCUT2D eigenvalue weighted by molar-refractivity contribution is 0.0299. The lowest BCUT2D eigenvalue weighted by atomic mass is 9.89. The summed E-state index contributed by atoms with van der Waals surface area (Å²) in [6, 6.07) is 9.29. The van der Waals surface area contributed by atoms with Crippen molar-refractivity contribution in [3.8, 4) is 0 Å². The number of benzene rings is 1. The maximum atomic E-state index is 6.07. The Balaban J connectivity index is 1.66. The zero-order valence-corrected chi connectivity index (χ0v) is 13.1. The molecule has 1 aliphatic carbocycles. The highest BCUT2D eigenvalue weighted by Gasteiger charge is 2.24. The molecule has 114 valence electrons. The Labute approximate surface area is 128 Å². The van der Waals surface area contributed by atoms with Gasteiger partial charge in [0.15, 0.2) is 0 Å². The Kier molecular flexibility index (Phi) is 5.10. The van der Waals surface area contributed by atoms with E-state index in [0.29, 0.717) is 6.04 Å². The summed E-state index contributed by atoms with van der Waals surface area (Å²) in [4.78, 5) is 0. The summed E-state index contributed by atoms with van der Waals surface area (Å²) < 4.78 is 6.07. The Morgan fingerprint density at radius 3 is 2.95 bits per heavy atom. The van der Waals surface area contributed by atoms with Gasteiger partial charge in [0.25, 0.3) is 0 Å². The normalized spacial score (nSPS) is 23.3. The molecule has 0 saturated carbocycles. The van der Waals surface area contributed by atoms with E-state index < -0.39 is 0 Å². The van der Waals surface area contributed by atoms with Crippen molar-refractivity contribution in [2.75, 3.05) is 13.7 Å². The summed E-state index contributed by atoms with van der Waals surface area (Å²) in [7, 11) is 2.09. The molecule has 2 atom stereocenters. The van der Waals surface area contributed by atoms with Gasteiger partial charge < -0.3 is 10.1 Å². The summed E-state index contributed by atoms with van der Waals surface area (Å²) in [6.07, 6.45) is 11.3. The predicted molar refractivity (Wildman–Crippen MR) is 87.5 cm³/mol. The van der Waals surface area contributed by atoms with Gasteiger partial charge in [-0.15, -0.1) is 0 Å². The molecular formula is C19H27NO. The van der Waals surface area contributed by atoms with Crippen molar-refractivity contribution in [1.82, 2.24) is 5.32 Å². The average Bonchev–Trinajstić information content (AvgIpc) is 2.55. The van der Waals surface area contributed by atoms with Crippen molar-refractivity contribution in [3.05, 3.63) is 47.0 Å². The van der Waals surface area contributed by atoms with E-state index in [9.17, 15) is 0 Å². The molecule has 21 heavy (non-hydrogen) atoms. The molecule has 1 N–H and O–H groups in total. The van der Waals surface area contributed by atoms with E-state index in [1.165, 1.54) is 43.2 Å². The van der Waals surface area contributed by atoms with Crippen LogP contribution in [-0.4, -0.2) is 19.7 Å². The highest BCUT2D eigenvalue weighted by Crippen LogP contribution is 2.32. The Hall–Kier alpha value is -1.12. The molecule has 0 amide bonds. The van der Waals surface area contributed by atoms with Crippen LogP contribution in [-0.2, 0) is 11.2 Å². The first-order valence-corrected chi connectivity index (χ1v) is 8.41. The molecule has 2 aliphatic rings. The van der Waals surface area contributed by atoms with Crippen LogP contribution in [0.5, 0.6) is 0 Å². The fourth-order valence-electron chi connectivity index (χ4n) is 3.64. The summed E-state index contributed by atoms with van der Waals surface area (Å²) in [6.45, 7) is 0.862. The number of ether oxygens (including phenoxy) is 1. The van der Waals surface area contributed by atoms with Gasteiger partial charge >= 0.3 is 0 Å². The smallest absolute Gasteiger partial charge is 0.0842 e. The number of fused-ring (bicyclic) bond motifs is 1. The Morgan fingerprint density at radius 2 is 2.14 bits per heavy atom. The highest BCUT2D eigenvalue weighted by molar-refractivity contribution is 5.31. The summed E-state index contributed by atoms with van der Waals surface area (Å²) in [5, 5.41) is 3.51. The number of hydrogen-bond acceptors (Lipinski definition) is 2. The van der Waals surface area contributed by atoms with E-state index in [2.05, 4.69) is 42.7 Å². The Morgan fingerprint density at radius 1 is 1.24 bits per heavy atom. The second-order valence-corrected chi connectivity index (χ2v) is 6.34.